The molecule has 2 atom stereocenters. The normalized spacial score (nSPS) is 22.0. The van der Waals surface area contributed by atoms with Crippen LogP contribution in [0.5, 0.6) is 0 Å². The van der Waals surface area contributed by atoms with E-state index in [4.69, 9.17) is 4.74 Å². The Morgan fingerprint density at radius 1 is 1.30 bits per heavy atom. The van der Waals surface area contributed by atoms with Gasteiger partial charge in [-0.05, 0) is 38.6 Å². The first-order chi connectivity index (χ1) is 10.8. The van der Waals surface area contributed by atoms with Crippen LogP contribution in [-0.2, 0) is 21.3 Å². The Hall–Kier alpha value is -1.64. The Morgan fingerprint density at radius 3 is 2.57 bits per heavy atom. The van der Waals surface area contributed by atoms with Gasteiger partial charge in [-0.2, -0.15) is 0 Å². The van der Waals surface area contributed by atoms with Crippen LogP contribution < -0.4 is 10.0 Å². The molecular weight excluding hydrogens is 318 g/mol. The first-order valence-electron chi connectivity index (χ1n) is 7.52. The molecule has 7 nitrogen and oxygen atoms in total. The molecule has 23 heavy (non-hydrogen) atoms. The molecule has 2 rings (SSSR count). The Morgan fingerprint density at radius 2 is 1.96 bits per heavy atom. The number of ether oxygens (including phenoxy) is 1. The summed E-state index contributed by atoms with van der Waals surface area (Å²) in [5.74, 6) is 0. The van der Waals surface area contributed by atoms with Gasteiger partial charge in [0.1, 0.15) is 0 Å². The van der Waals surface area contributed by atoms with Crippen molar-refractivity contribution in [1.82, 2.24) is 14.9 Å². The molecule has 1 aromatic rings. The molecule has 1 heterocycles. The minimum atomic E-state index is -3.48. The monoisotopic (exact) mass is 341 g/mol. The molecule has 0 unspecified atom stereocenters. The van der Waals surface area contributed by atoms with E-state index < -0.39 is 10.0 Å². The lowest BCUT2D eigenvalue weighted by Crippen LogP contribution is -2.51. The van der Waals surface area contributed by atoms with Gasteiger partial charge in [0.2, 0.25) is 10.0 Å². The minimum Gasteiger partial charge on any atom is -0.372 e. The first-order valence-corrected chi connectivity index (χ1v) is 9.01. The van der Waals surface area contributed by atoms with Crippen LogP contribution in [0.25, 0.3) is 0 Å². The Labute approximate surface area is 137 Å². The van der Waals surface area contributed by atoms with Crippen LogP contribution in [0.2, 0.25) is 0 Å². The fourth-order valence-electron chi connectivity index (χ4n) is 2.57. The van der Waals surface area contributed by atoms with Gasteiger partial charge in [-0.1, -0.05) is 12.1 Å². The standard InChI is InChI=1S/C15H23N3O4S/c1-11-9-18(10-12(2)22-11)15(19)17-8-13-5-4-6-14(7-13)23(20,21)16-3/h4-7,11-12,16H,8-10H2,1-3H3,(H,17,19)/t11-,12+. The van der Waals surface area contributed by atoms with Crippen LogP contribution in [0.1, 0.15) is 19.4 Å². The van der Waals surface area contributed by atoms with Crippen LogP contribution in [0.3, 0.4) is 0 Å². The fraction of sp³-hybridized carbons (Fsp3) is 0.533. The number of amides is 2. The molecule has 2 N–H and O–H groups in total. The number of carbonyl (C=O) groups is 1. The molecule has 1 fully saturated rings. The maximum absolute atomic E-state index is 12.2. The molecular formula is C15H23N3O4S. The summed E-state index contributed by atoms with van der Waals surface area (Å²) in [4.78, 5) is 14.1. The largest absolute Gasteiger partial charge is 0.372 e. The third-order valence-electron chi connectivity index (χ3n) is 3.63. The number of sulfonamides is 1. The highest BCUT2D eigenvalue weighted by Gasteiger charge is 2.25. The zero-order valence-electron chi connectivity index (χ0n) is 13.6. The van der Waals surface area contributed by atoms with Crippen molar-refractivity contribution in [1.29, 1.82) is 0 Å². The average Bonchev–Trinajstić information content (AvgIpc) is 2.52. The molecule has 1 saturated heterocycles. The molecule has 0 aromatic heterocycles. The molecule has 0 saturated carbocycles. The molecule has 2 amide bonds. The number of carbonyl (C=O) groups excluding carboxylic acids is 1. The highest BCUT2D eigenvalue weighted by Crippen LogP contribution is 2.13. The van der Waals surface area contributed by atoms with E-state index >= 15 is 0 Å². The van der Waals surface area contributed by atoms with Crippen LogP contribution in [-0.4, -0.2) is 51.7 Å². The van der Waals surface area contributed by atoms with Crippen molar-refractivity contribution in [2.75, 3.05) is 20.1 Å². The smallest absolute Gasteiger partial charge is 0.317 e. The van der Waals surface area contributed by atoms with Crippen LogP contribution in [0, 0.1) is 0 Å². The van der Waals surface area contributed by atoms with E-state index in [2.05, 4.69) is 10.0 Å². The van der Waals surface area contributed by atoms with Gasteiger partial charge in [0.05, 0.1) is 17.1 Å². The maximum Gasteiger partial charge on any atom is 0.317 e. The third kappa shape index (κ3) is 4.66. The molecule has 0 spiro atoms. The summed E-state index contributed by atoms with van der Waals surface area (Å²) < 4.78 is 31.5. The van der Waals surface area contributed by atoms with Gasteiger partial charge in [-0.25, -0.2) is 17.9 Å². The summed E-state index contributed by atoms with van der Waals surface area (Å²) in [6, 6.07) is 6.33. The Balaban J connectivity index is 1.98. The number of rotatable bonds is 4. The van der Waals surface area contributed by atoms with E-state index in [-0.39, 0.29) is 29.7 Å². The predicted molar refractivity (Wildman–Crippen MR) is 86.5 cm³/mol. The van der Waals surface area contributed by atoms with Gasteiger partial charge >= 0.3 is 6.03 Å². The van der Waals surface area contributed by atoms with E-state index in [1.165, 1.54) is 13.1 Å². The van der Waals surface area contributed by atoms with Crippen molar-refractivity contribution < 1.29 is 17.9 Å². The van der Waals surface area contributed by atoms with Crippen LogP contribution in [0.15, 0.2) is 29.2 Å². The van der Waals surface area contributed by atoms with E-state index in [1.807, 2.05) is 13.8 Å². The lowest BCUT2D eigenvalue weighted by molar-refractivity contribution is -0.0545. The highest BCUT2D eigenvalue weighted by molar-refractivity contribution is 7.89. The van der Waals surface area contributed by atoms with Gasteiger partial charge in [-0.3, -0.25) is 0 Å². The van der Waals surface area contributed by atoms with E-state index in [0.717, 1.165) is 5.56 Å². The molecule has 1 aliphatic heterocycles. The number of morpholine rings is 1. The van der Waals surface area contributed by atoms with Gasteiger partial charge < -0.3 is 15.0 Å². The minimum absolute atomic E-state index is 0.00796. The zero-order valence-corrected chi connectivity index (χ0v) is 14.4. The fourth-order valence-corrected chi connectivity index (χ4v) is 3.37. The van der Waals surface area contributed by atoms with E-state index in [9.17, 15) is 13.2 Å². The second-order valence-electron chi connectivity index (χ2n) is 5.68. The predicted octanol–water partition coefficient (Wildman–Crippen LogP) is 0.913. The molecule has 1 aromatic carbocycles. The number of hydrogen-bond donors (Lipinski definition) is 2. The van der Waals surface area contributed by atoms with Gasteiger partial charge in [0, 0.05) is 19.6 Å². The van der Waals surface area contributed by atoms with Crippen molar-refractivity contribution in [3.8, 4) is 0 Å². The van der Waals surface area contributed by atoms with Crippen LogP contribution in [0.4, 0.5) is 4.79 Å². The second-order valence-corrected chi connectivity index (χ2v) is 7.56. The first kappa shape index (κ1) is 17.7. The number of nitrogens with one attached hydrogen (secondary N) is 2. The topological polar surface area (TPSA) is 87.7 Å². The summed E-state index contributed by atoms with van der Waals surface area (Å²) >= 11 is 0. The number of nitrogens with zero attached hydrogens (tertiary/aromatic N) is 1. The third-order valence-corrected chi connectivity index (χ3v) is 5.04. The molecule has 128 valence electrons. The number of hydrogen-bond acceptors (Lipinski definition) is 4. The lowest BCUT2D eigenvalue weighted by atomic mass is 10.2. The van der Waals surface area contributed by atoms with E-state index in [0.29, 0.717) is 13.1 Å². The van der Waals surface area contributed by atoms with Gasteiger partial charge in [-0.15, -0.1) is 0 Å². The summed E-state index contributed by atoms with van der Waals surface area (Å²) in [5, 5.41) is 2.82. The molecule has 0 bridgehead atoms. The van der Waals surface area contributed by atoms with Crippen LogP contribution >= 0.6 is 0 Å². The number of benzene rings is 1. The quantitative estimate of drug-likeness (QED) is 0.852. The maximum atomic E-state index is 12.2. The van der Waals surface area contributed by atoms with Crippen molar-refractivity contribution in [3.63, 3.8) is 0 Å². The summed E-state index contributed by atoms with van der Waals surface area (Å²) in [6.45, 7) is 5.23. The van der Waals surface area contributed by atoms with Crippen molar-refractivity contribution in [3.05, 3.63) is 29.8 Å². The molecule has 1 aliphatic rings. The summed E-state index contributed by atoms with van der Waals surface area (Å²) in [5.41, 5.74) is 0.726. The summed E-state index contributed by atoms with van der Waals surface area (Å²) in [6.07, 6.45) is 0.0159. The average molecular weight is 341 g/mol. The van der Waals surface area contributed by atoms with Crippen molar-refractivity contribution in [2.45, 2.75) is 37.5 Å². The van der Waals surface area contributed by atoms with Gasteiger partial charge in [0.25, 0.3) is 0 Å². The van der Waals surface area contributed by atoms with Gasteiger partial charge in [0.15, 0.2) is 0 Å². The lowest BCUT2D eigenvalue weighted by Gasteiger charge is -2.35. The number of urea groups is 1. The van der Waals surface area contributed by atoms with E-state index in [1.54, 1.807) is 23.1 Å². The molecule has 0 aliphatic carbocycles. The summed E-state index contributed by atoms with van der Waals surface area (Å²) in [7, 11) is -2.12. The molecule has 8 heteroatoms. The SMILES string of the molecule is CNS(=O)(=O)c1cccc(CNC(=O)N2C[C@@H](C)O[C@@H](C)C2)c1. The van der Waals surface area contributed by atoms with Crippen molar-refractivity contribution in [2.24, 2.45) is 0 Å². The molecule has 0 radical (unpaired) electrons. The van der Waals surface area contributed by atoms with Crippen molar-refractivity contribution >= 4 is 16.1 Å². The Kier molecular flexibility index (Phi) is 5.61. The Bertz CT molecular complexity index is 652. The zero-order chi connectivity index (χ0) is 17.0. The highest BCUT2D eigenvalue weighted by atomic mass is 32.2. The second kappa shape index (κ2) is 7.29.